The Morgan fingerprint density at radius 2 is 2.24 bits per heavy atom. The predicted octanol–water partition coefficient (Wildman–Crippen LogP) is 2.52. The minimum absolute atomic E-state index is 0.0123. The summed E-state index contributed by atoms with van der Waals surface area (Å²) in [5.74, 6) is 0.848. The number of thioether (sulfide) groups is 1. The number of aryl methyl sites for hydroxylation is 2. The van der Waals surface area contributed by atoms with E-state index in [1.165, 1.54) is 10.5 Å². The minimum Gasteiger partial charge on any atom is -0.322 e. The lowest BCUT2D eigenvalue weighted by Crippen LogP contribution is -2.14. The van der Waals surface area contributed by atoms with Gasteiger partial charge in [-0.2, -0.15) is 5.10 Å². The first-order valence-electron chi connectivity index (χ1n) is 5.60. The molecule has 0 aliphatic heterocycles. The van der Waals surface area contributed by atoms with Crippen molar-refractivity contribution in [1.82, 2.24) is 9.78 Å². The summed E-state index contributed by atoms with van der Waals surface area (Å²) in [5, 5.41) is 4.32. The molecular formula is C13H17N3S. The number of benzene rings is 1. The molecule has 0 bridgehead atoms. The molecule has 0 amide bonds. The summed E-state index contributed by atoms with van der Waals surface area (Å²) in [5.41, 5.74) is 8.33. The van der Waals surface area contributed by atoms with Crippen LogP contribution in [0.5, 0.6) is 0 Å². The second kappa shape index (κ2) is 5.38. The summed E-state index contributed by atoms with van der Waals surface area (Å²) in [6, 6.07) is 10.4. The van der Waals surface area contributed by atoms with Crippen LogP contribution in [0.25, 0.3) is 0 Å². The van der Waals surface area contributed by atoms with Crippen molar-refractivity contribution >= 4 is 11.8 Å². The Morgan fingerprint density at radius 3 is 2.88 bits per heavy atom. The molecule has 0 saturated carbocycles. The van der Waals surface area contributed by atoms with Crippen LogP contribution >= 0.6 is 11.8 Å². The SMILES string of the molecule is Cc1cccc(SCC(N)c2ccn(C)n2)c1. The lowest BCUT2D eigenvalue weighted by molar-refractivity contribution is 0.704. The number of rotatable bonds is 4. The third kappa shape index (κ3) is 3.35. The van der Waals surface area contributed by atoms with Gasteiger partial charge in [0.25, 0.3) is 0 Å². The van der Waals surface area contributed by atoms with Gasteiger partial charge in [-0.1, -0.05) is 17.7 Å². The Morgan fingerprint density at radius 1 is 1.41 bits per heavy atom. The molecule has 0 radical (unpaired) electrons. The molecule has 3 nitrogen and oxygen atoms in total. The normalized spacial score (nSPS) is 12.6. The molecule has 1 aromatic heterocycles. The number of nitrogens with two attached hydrogens (primary N) is 1. The van der Waals surface area contributed by atoms with Gasteiger partial charge in [-0.15, -0.1) is 11.8 Å². The van der Waals surface area contributed by atoms with Crippen LogP contribution in [0.2, 0.25) is 0 Å². The Labute approximate surface area is 106 Å². The maximum Gasteiger partial charge on any atom is 0.0800 e. The molecule has 2 N–H and O–H groups in total. The summed E-state index contributed by atoms with van der Waals surface area (Å²) < 4.78 is 1.78. The topological polar surface area (TPSA) is 43.8 Å². The van der Waals surface area contributed by atoms with E-state index in [0.29, 0.717) is 0 Å². The van der Waals surface area contributed by atoms with Crippen molar-refractivity contribution in [3.63, 3.8) is 0 Å². The lowest BCUT2D eigenvalue weighted by Gasteiger charge is -2.08. The van der Waals surface area contributed by atoms with Crippen molar-refractivity contribution in [2.24, 2.45) is 12.8 Å². The van der Waals surface area contributed by atoms with Gasteiger partial charge in [-0.05, 0) is 25.1 Å². The Hall–Kier alpha value is -1.26. The van der Waals surface area contributed by atoms with E-state index in [0.717, 1.165) is 11.4 Å². The highest BCUT2D eigenvalue weighted by Gasteiger charge is 2.09. The molecule has 1 atom stereocenters. The van der Waals surface area contributed by atoms with Gasteiger partial charge >= 0.3 is 0 Å². The van der Waals surface area contributed by atoms with E-state index >= 15 is 0 Å². The molecule has 0 saturated heterocycles. The smallest absolute Gasteiger partial charge is 0.0800 e. The first-order valence-corrected chi connectivity index (χ1v) is 6.58. The Balaban J connectivity index is 1.94. The maximum absolute atomic E-state index is 6.10. The van der Waals surface area contributed by atoms with Gasteiger partial charge in [0.1, 0.15) is 0 Å². The molecule has 2 rings (SSSR count). The summed E-state index contributed by atoms with van der Waals surface area (Å²) in [4.78, 5) is 1.26. The molecule has 0 fully saturated rings. The Kier molecular flexibility index (Phi) is 3.86. The van der Waals surface area contributed by atoms with Gasteiger partial charge in [0, 0.05) is 23.9 Å². The average molecular weight is 247 g/mol. The highest BCUT2D eigenvalue weighted by atomic mass is 32.2. The third-order valence-corrected chi connectivity index (χ3v) is 3.65. The second-order valence-electron chi connectivity index (χ2n) is 4.15. The van der Waals surface area contributed by atoms with Gasteiger partial charge in [0.05, 0.1) is 11.7 Å². The van der Waals surface area contributed by atoms with Crippen molar-refractivity contribution in [3.05, 3.63) is 47.8 Å². The summed E-state index contributed by atoms with van der Waals surface area (Å²) >= 11 is 1.77. The van der Waals surface area contributed by atoms with E-state index in [4.69, 9.17) is 5.73 Å². The fourth-order valence-electron chi connectivity index (χ4n) is 1.61. The van der Waals surface area contributed by atoms with Crippen molar-refractivity contribution in [2.45, 2.75) is 17.9 Å². The summed E-state index contributed by atoms with van der Waals surface area (Å²) in [6.07, 6.45) is 1.92. The maximum atomic E-state index is 6.10. The fraction of sp³-hybridized carbons (Fsp3) is 0.308. The first kappa shape index (κ1) is 12.2. The minimum atomic E-state index is -0.0123. The quantitative estimate of drug-likeness (QED) is 0.844. The molecule has 1 heterocycles. The molecule has 0 spiro atoms. The molecule has 0 aliphatic carbocycles. The van der Waals surface area contributed by atoms with E-state index in [9.17, 15) is 0 Å². The fourth-order valence-corrected chi connectivity index (χ4v) is 2.59. The van der Waals surface area contributed by atoms with Crippen LogP contribution in [-0.2, 0) is 7.05 Å². The molecule has 2 aromatic rings. The molecule has 17 heavy (non-hydrogen) atoms. The lowest BCUT2D eigenvalue weighted by atomic mass is 10.2. The van der Waals surface area contributed by atoms with E-state index in [-0.39, 0.29) is 6.04 Å². The van der Waals surface area contributed by atoms with Gasteiger partial charge in [-0.25, -0.2) is 0 Å². The van der Waals surface area contributed by atoms with Crippen LogP contribution in [0.3, 0.4) is 0 Å². The van der Waals surface area contributed by atoms with Crippen molar-refractivity contribution in [2.75, 3.05) is 5.75 Å². The highest BCUT2D eigenvalue weighted by molar-refractivity contribution is 7.99. The summed E-state index contributed by atoms with van der Waals surface area (Å²) in [7, 11) is 1.91. The molecule has 1 unspecified atom stereocenters. The predicted molar refractivity (Wildman–Crippen MR) is 72.0 cm³/mol. The van der Waals surface area contributed by atoms with Crippen LogP contribution in [0, 0.1) is 6.92 Å². The molecule has 0 aliphatic rings. The standard InChI is InChI=1S/C13H17N3S/c1-10-4-3-5-11(8-10)17-9-12(14)13-6-7-16(2)15-13/h3-8,12H,9,14H2,1-2H3. The second-order valence-corrected chi connectivity index (χ2v) is 5.24. The van der Waals surface area contributed by atoms with Crippen LogP contribution < -0.4 is 5.73 Å². The Bertz CT molecular complexity index is 493. The highest BCUT2D eigenvalue weighted by Crippen LogP contribution is 2.23. The molecular weight excluding hydrogens is 230 g/mol. The van der Waals surface area contributed by atoms with Crippen LogP contribution in [0.1, 0.15) is 17.3 Å². The number of aromatic nitrogens is 2. The van der Waals surface area contributed by atoms with E-state index in [2.05, 4.69) is 36.3 Å². The number of hydrogen-bond acceptors (Lipinski definition) is 3. The van der Waals surface area contributed by atoms with Crippen molar-refractivity contribution in [1.29, 1.82) is 0 Å². The van der Waals surface area contributed by atoms with E-state index in [1.54, 1.807) is 16.4 Å². The largest absolute Gasteiger partial charge is 0.322 e. The van der Waals surface area contributed by atoms with Crippen LogP contribution in [0.15, 0.2) is 41.4 Å². The van der Waals surface area contributed by atoms with Gasteiger partial charge in [0.2, 0.25) is 0 Å². The molecule has 90 valence electrons. The van der Waals surface area contributed by atoms with E-state index < -0.39 is 0 Å². The zero-order valence-electron chi connectivity index (χ0n) is 10.1. The van der Waals surface area contributed by atoms with Gasteiger partial charge in [-0.3, -0.25) is 4.68 Å². The van der Waals surface area contributed by atoms with Gasteiger partial charge in [0.15, 0.2) is 0 Å². The van der Waals surface area contributed by atoms with Crippen molar-refractivity contribution in [3.8, 4) is 0 Å². The summed E-state index contributed by atoms with van der Waals surface area (Å²) in [6.45, 7) is 2.10. The monoisotopic (exact) mass is 247 g/mol. The molecule has 1 aromatic carbocycles. The number of hydrogen-bond donors (Lipinski definition) is 1. The van der Waals surface area contributed by atoms with Gasteiger partial charge < -0.3 is 5.73 Å². The number of nitrogens with zero attached hydrogens (tertiary/aromatic N) is 2. The van der Waals surface area contributed by atoms with Crippen molar-refractivity contribution < 1.29 is 0 Å². The van der Waals surface area contributed by atoms with Crippen LogP contribution in [-0.4, -0.2) is 15.5 Å². The van der Waals surface area contributed by atoms with E-state index in [1.807, 2.05) is 19.3 Å². The molecule has 4 heteroatoms. The first-order chi connectivity index (χ1) is 8.15. The van der Waals surface area contributed by atoms with Crippen LogP contribution in [0.4, 0.5) is 0 Å². The average Bonchev–Trinajstić information content (AvgIpc) is 2.73. The third-order valence-electron chi connectivity index (χ3n) is 2.53. The zero-order valence-corrected chi connectivity index (χ0v) is 10.9. The zero-order chi connectivity index (χ0) is 12.3.